The summed E-state index contributed by atoms with van der Waals surface area (Å²) in [5.41, 5.74) is 0.646. The maximum Gasteiger partial charge on any atom is 0.290 e. The van der Waals surface area contributed by atoms with Crippen LogP contribution in [0.25, 0.3) is 6.08 Å². The van der Waals surface area contributed by atoms with Crippen LogP contribution < -0.4 is 10.2 Å². The molecule has 20 heavy (non-hydrogen) atoms. The van der Waals surface area contributed by atoms with E-state index in [9.17, 15) is 9.59 Å². The molecule has 6 nitrogen and oxygen atoms in total. The Morgan fingerprint density at radius 3 is 2.75 bits per heavy atom. The average molecular weight is 290 g/mol. The van der Waals surface area contributed by atoms with Gasteiger partial charge in [0.15, 0.2) is 0 Å². The van der Waals surface area contributed by atoms with Crippen molar-refractivity contribution in [2.75, 3.05) is 18.0 Å². The van der Waals surface area contributed by atoms with E-state index >= 15 is 0 Å². The number of thioether (sulfide) groups is 1. The Balaban J connectivity index is 1.82. The molecule has 2 amide bonds. The van der Waals surface area contributed by atoms with Crippen LogP contribution in [0.15, 0.2) is 17.2 Å². The van der Waals surface area contributed by atoms with Crippen LogP contribution in [-0.4, -0.2) is 34.2 Å². The first-order valence-corrected chi connectivity index (χ1v) is 7.37. The van der Waals surface area contributed by atoms with Crippen molar-refractivity contribution in [2.45, 2.75) is 19.3 Å². The third-order valence-electron chi connectivity index (χ3n) is 3.22. The van der Waals surface area contributed by atoms with Gasteiger partial charge in [-0.25, -0.2) is 9.97 Å². The third-order valence-corrected chi connectivity index (χ3v) is 4.03. The Kier molecular flexibility index (Phi) is 3.68. The molecule has 1 aromatic heterocycles. The molecular weight excluding hydrogens is 276 g/mol. The van der Waals surface area contributed by atoms with Crippen LogP contribution in [0.3, 0.4) is 0 Å². The summed E-state index contributed by atoms with van der Waals surface area (Å²) in [4.78, 5) is 33.9. The van der Waals surface area contributed by atoms with Gasteiger partial charge in [-0.1, -0.05) is 0 Å². The SMILES string of the molecule is O=C1NC(=O)/C(=C\c2ccnc(N3CCCCC3)n2)S1. The highest BCUT2D eigenvalue weighted by atomic mass is 32.2. The van der Waals surface area contributed by atoms with E-state index < -0.39 is 0 Å². The lowest BCUT2D eigenvalue weighted by atomic mass is 10.1. The summed E-state index contributed by atoms with van der Waals surface area (Å²) in [6.07, 6.45) is 6.87. The summed E-state index contributed by atoms with van der Waals surface area (Å²) >= 11 is 0.897. The fourth-order valence-electron chi connectivity index (χ4n) is 2.24. The Bertz CT molecular complexity index is 581. The molecule has 2 saturated heterocycles. The predicted molar refractivity (Wildman–Crippen MR) is 77.2 cm³/mol. The van der Waals surface area contributed by atoms with Gasteiger partial charge in [-0.05, 0) is 43.2 Å². The number of carbonyl (C=O) groups is 2. The molecule has 2 fully saturated rings. The minimum Gasteiger partial charge on any atom is -0.341 e. The van der Waals surface area contributed by atoms with E-state index in [1.54, 1.807) is 18.3 Å². The van der Waals surface area contributed by atoms with Gasteiger partial charge in [0.05, 0.1) is 10.6 Å². The second-order valence-electron chi connectivity index (χ2n) is 4.68. The molecule has 1 aromatic rings. The Labute approximate surface area is 120 Å². The number of imide groups is 1. The number of hydrogen-bond acceptors (Lipinski definition) is 6. The van der Waals surface area contributed by atoms with Gasteiger partial charge in [-0.2, -0.15) is 0 Å². The molecular formula is C13H14N4O2S. The first kappa shape index (κ1) is 13.1. The molecule has 0 aliphatic carbocycles. The molecule has 2 aliphatic rings. The van der Waals surface area contributed by atoms with Crippen molar-refractivity contribution < 1.29 is 9.59 Å². The highest BCUT2D eigenvalue weighted by molar-refractivity contribution is 8.18. The van der Waals surface area contributed by atoms with Crippen molar-refractivity contribution in [1.82, 2.24) is 15.3 Å². The number of anilines is 1. The predicted octanol–water partition coefficient (Wildman–Crippen LogP) is 1.79. The molecule has 104 valence electrons. The molecule has 0 bridgehead atoms. The van der Waals surface area contributed by atoms with Crippen molar-refractivity contribution in [3.8, 4) is 0 Å². The number of rotatable bonds is 2. The standard InChI is InChI=1S/C13H14N4O2S/c18-11-10(20-13(19)16-11)8-9-4-5-14-12(15-9)17-6-2-1-3-7-17/h4-5,8H,1-3,6-7H2,(H,16,18,19)/b10-8+. The van der Waals surface area contributed by atoms with Gasteiger partial charge in [0.2, 0.25) is 5.95 Å². The Morgan fingerprint density at radius 2 is 2.05 bits per heavy atom. The van der Waals surface area contributed by atoms with Crippen LogP contribution >= 0.6 is 11.8 Å². The second kappa shape index (κ2) is 5.62. The number of hydrogen-bond donors (Lipinski definition) is 1. The van der Waals surface area contributed by atoms with Crippen molar-refractivity contribution >= 4 is 34.9 Å². The lowest BCUT2D eigenvalue weighted by Gasteiger charge is -2.26. The summed E-state index contributed by atoms with van der Waals surface area (Å²) in [5, 5.41) is 1.89. The van der Waals surface area contributed by atoms with Gasteiger partial charge < -0.3 is 4.90 Å². The third kappa shape index (κ3) is 2.82. The summed E-state index contributed by atoms with van der Waals surface area (Å²) in [5.74, 6) is 0.326. The number of nitrogens with zero attached hydrogens (tertiary/aromatic N) is 3. The minimum absolute atomic E-state index is 0.341. The first-order valence-electron chi connectivity index (χ1n) is 6.55. The summed E-state index contributed by atoms with van der Waals surface area (Å²) in [6, 6.07) is 1.73. The quantitative estimate of drug-likeness (QED) is 0.837. The van der Waals surface area contributed by atoms with Crippen LogP contribution in [0.2, 0.25) is 0 Å². The second-order valence-corrected chi connectivity index (χ2v) is 5.70. The lowest BCUT2D eigenvalue weighted by Crippen LogP contribution is -2.31. The zero-order valence-electron chi connectivity index (χ0n) is 10.8. The zero-order valence-corrected chi connectivity index (χ0v) is 11.7. The summed E-state index contributed by atoms with van der Waals surface area (Å²) in [6.45, 7) is 1.93. The minimum atomic E-state index is -0.363. The zero-order chi connectivity index (χ0) is 13.9. The molecule has 0 aromatic carbocycles. The Morgan fingerprint density at radius 1 is 1.25 bits per heavy atom. The Hall–Kier alpha value is -1.89. The van der Waals surface area contributed by atoms with Crippen LogP contribution in [-0.2, 0) is 4.79 Å². The van der Waals surface area contributed by atoms with E-state index in [4.69, 9.17) is 0 Å². The molecule has 3 heterocycles. The van der Waals surface area contributed by atoms with E-state index in [1.165, 1.54) is 6.42 Å². The van der Waals surface area contributed by atoms with E-state index in [1.807, 2.05) is 0 Å². The molecule has 1 N–H and O–H groups in total. The number of aromatic nitrogens is 2. The van der Waals surface area contributed by atoms with Crippen molar-refractivity contribution in [3.05, 3.63) is 22.9 Å². The van der Waals surface area contributed by atoms with Gasteiger partial charge in [0, 0.05) is 19.3 Å². The summed E-state index contributed by atoms with van der Waals surface area (Å²) in [7, 11) is 0. The van der Waals surface area contributed by atoms with Gasteiger partial charge >= 0.3 is 0 Å². The first-order chi connectivity index (χ1) is 9.72. The van der Waals surface area contributed by atoms with Gasteiger partial charge in [0.1, 0.15) is 0 Å². The lowest BCUT2D eigenvalue weighted by molar-refractivity contribution is -0.115. The fourth-order valence-corrected chi connectivity index (χ4v) is 2.91. The molecule has 0 spiro atoms. The van der Waals surface area contributed by atoms with Gasteiger partial charge in [0.25, 0.3) is 11.1 Å². The van der Waals surface area contributed by atoms with Crippen molar-refractivity contribution in [3.63, 3.8) is 0 Å². The average Bonchev–Trinajstić information content (AvgIpc) is 2.78. The van der Waals surface area contributed by atoms with Crippen LogP contribution in [0.5, 0.6) is 0 Å². The smallest absolute Gasteiger partial charge is 0.290 e. The maximum absolute atomic E-state index is 11.5. The number of piperidine rings is 1. The molecule has 0 radical (unpaired) electrons. The van der Waals surface area contributed by atoms with Crippen molar-refractivity contribution in [2.24, 2.45) is 0 Å². The van der Waals surface area contributed by atoms with Crippen molar-refractivity contribution in [1.29, 1.82) is 0 Å². The monoisotopic (exact) mass is 290 g/mol. The molecule has 3 rings (SSSR count). The number of nitrogens with one attached hydrogen (secondary N) is 1. The molecule has 0 saturated carbocycles. The van der Waals surface area contributed by atoms with Crippen LogP contribution in [0.1, 0.15) is 25.0 Å². The highest BCUT2D eigenvalue weighted by Crippen LogP contribution is 2.25. The fraction of sp³-hybridized carbons (Fsp3) is 0.385. The van der Waals surface area contributed by atoms with Gasteiger partial charge in [-0.15, -0.1) is 0 Å². The topological polar surface area (TPSA) is 75.2 Å². The number of carbonyl (C=O) groups excluding carboxylic acids is 2. The molecule has 0 unspecified atom stereocenters. The highest BCUT2D eigenvalue weighted by Gasteiger charge is 2.25. The summed E-state index contributed by atoms with van der Waals surface area (Å²) < 4.78 is 0. The maximum atomic E-state index is 11.5. The number of amides is 2. The van der Waals surface area contributed by atoms with E-state index in [2.05, 4.69) is 20.2 Å². The molecule has 0 atom stereocenters. The van der Waals surface area contributed by atoms with E-state index in [0.717, 1.165) is 37.7 Å². The van der Waals surface area contributed by atoms with Crippen LogP contribution in [0, 0.1) is 0 Å². The molecule has 7 heteroatoms. The largest absolute Gasteiger partial charge is 0.341 e. The molecule has 2 aliphatic heterocycles. The van der Waals surface area contributed by atoms with Gasteiger partial charge in [-0.3, -0.25) is 14.9 Å². The normalized spacial score (nSPS) is 21.4. The van der Waals surface area contributed by atoms with Crippen LogP contribution in [0.4, 0.5) is 10.7 Å². The van der Waals surface area contributed by atoms with E-state index in [-0.39, 0.29) is 11.1 Å². The van der Waals surface area contributed by atoms with E-state index in [0.29, 0.717) is 16.5 Å².